The Morgan fingerprint density at radius 3 is 2.74 bits per heavy atom. The molecule has 2 aromatic rings. The van der Waals surface area contributed by atoms with E-state index in [-0.39, 0.29) is 5.78 Å². The summed E-state index contributed by atoms with van der Waals surface area (Å²) in [5.41, 5.74) is 2.95. The average Bonchev–Trinajstić information content (AvgIpc) is 2.99. The highest BCUT2D eigenvalue weighted by atomic mass is 32.1. The van der Waals surface area contributed by atoms with Gasteiger partial charge in [-0.3, -0.25) is 4.79 Å². The van der Waals surface area contributed by atoms with Crippen molar-refractivity contribution in [3.8, 4) is 10.6 Å². The van der Waals surface area contributed by atoms with Gasteiger partial charge in [0.2, 0.25) is 0 Å². The normalized spacial score (nSPS) is 13.6. The molecular formula is C17H18N2O3S. The minimum atomic E-state index is -0.400. The molecule has 120 valence electrons. The number of rotatable bonds is 3. The minimum Gasteiger partial charge on any atom is -0.465 e. The van der Waals surface area contributed by atoms with Gasteiger partial charge in [0.1, 0.15) is 5.01 Å². The number of esters is 1. The molecule has 0 aliphatic heterocycles. The van der Waals surface area contributed by atoms with Crippen LogP contribution < -0.4 is 4.90 Å². The highest BCUT2D eigenvalue weighted by Crippen LogP contribution is 2.35. The average molecular weight is 330 g/mol. The van der Waals surface area contributed by atoms with Crippen LogP contribution in [0.3, 0.4) is 0 Å². The van der Waals surface area contributed by atoms with E-state index in [9.17, 15) is 9.59 Å². The topological polar surface area (TPSA) is 59.5 Å². The quantitative estimate of drug-likeness (QED) is 0.809. The van der Waals surface area contributed by atoms with Crippen LogP contribution in [0.5, 0.6) is 0 Å². The number of hydrogen-bond donors (Lipinski definition) is 0. The van der Waals surface area contributed by atoms with Gasteiger partial charge in [-0.1, -0.05) is 0 Å². The SMILES string of the molecule is COC(=O)c1cc(N(C)C)ccc1-c1nc2c(s1)C(=O)CCC2. The third-order valence-electron chi connectivity index (χ3n) is 3.92. The first-order chi connectivity index (χ1) is 11.0. The molecule has 0 spiro atoms. The molecule has 0 saturated carbocycles. The second kappa shape index (κ2) is 6.12. The summed E-state index contributed by atoms with van der Waals surface area (Å²) in [5, 5.41) is 0.705. The van der Waals surface area contributed by atoms with Crippen molar-refractivity contribution in [2.24, 2.45) is 0 Å². The van der Waals surface area contributed by atoms with Crippen LogP contribution in [0.4, 0.5) is 5.69 Å². The molecule has 23 heavy (non-hydrogen) atoms. The maximum absolute atomic E-state index is 12.2. The van der Waals surface area contributed by atoms with Gasteiger partial charge < -0.3 is 9.64 Å². The lowest BCUT2D eigenvalue weighted by molar-refractivity contribution is 0.0601. The zero-order valence-electron chi connectivity index (χ0n) is 13.4. The predicted molar refractivity (Wildman–Crippen MR) is 90.5 cm³/mol. The number of nitrogens with zero attached hydrogens (tertiary/aromatic N) is 2. The van der Waals surface area contributed by atoms with Gasteiger partial charge in [0.25, 0.3) is 0 Å². The van der Waals surface area contributed by atoms with Gasteiger partial charge >= 0.3 is 5.97 Å². The lowest BCUT2D eigenvalue weighted by Gasteiger charge is -2.15. The molecule has 0 radical (unpaired) electrons. The molecule has 6 heteroatoms. The molecule has 0 saturated heterocycles. The summed E-state index contributed by atoms with van der Waals surface area (Å²) >= 11 is 1.37. The number of benzene rings is 1. The number of aryl methyl sites for hydroxylation is 1. The summed E-state index contributed by atoms with van der Waals surface area (Å²) in [6.07, 6.45) is 2.25. The molecule has 1 aromatic carbocycles. The zero-order chi connectivity index (χ0) is 16.6. The second-order valence-corrected chi connectivity index (χ2v) is 6.69. The molecule has 1 aromatic heterocycles. The van der Waals surface area contributed by atoms with Crippen LogP contribution in [-0.4, -0.2) is 37.9 Å². The predicted octanol–water partition coefficient (Wildman–Crippen LogP) is 3.18. The summed E-state index contributed by atoms with van der Waals surface area (Å²) in [6, 6.07) is 5.60. The molecule has 1 aliphatic carbocycles. The number of anilines is 1. The first-order valence-corrected chi connectivity index (χ1v) is 8.26. The monoisotopic (exact) mass is 330 g/mol. The number of hydrogen-bond acceptors (Lipinski definition) is 6. The molecule has 0 fully saturated rings. The van der Waals surface area contributed by atoms with Gasteiger partial charge in [-0.2, -0.15) is 0 Å². The summed E-state index contributed by atoms with van der Waals surface area (Å²) in [7, 11) is 5.19. The Bertz CT molecular complexity index is 780. The third kappa shape index (κ3) is 2.86. The van der Waals surface area contributed by atoms with E-state index >= 15 is 0 Å². The van der Waals surface area contributed by atoms with Crippen molar-refractivity contribution >= 4 is 28.8 Å². The maximum Gasteiger partial charge on any atom is 0.338 e. The van der Waals surface area contributed by atoms with Crippen LogP contribution in [-0.2, 0) is 11.2 Å². The lowest BCUT2D eigenvalue weighted by atomic mass is 10.0. The number of carbonyl (C=O) groups is 2. The molecule has 3 rings (SSSR count). The fourth-order valence-corrected chi connectivity index (χ4v) is 3.78. The number of ketones is 1. The van der Waals surface area contributed by atoms with Crippen molar-refractivity contribution in [3.63, 3.8) is 0 Å². The number of thiazole rings is 1. The summed E-state index contributed by atoms with van der Waals surface area (Å²) < 4.78 is 4.91. The Balaban J connectivity index is 2.12. The van der Waals surface area contributed by atoms with Gasteiger partial charge in [0, 0.05) is 31.8 Å². The van der Waals surface area contributed by atoms with E-state index in [4.69, 9.17) is 4.74 Å². The van der Waals surface area contributed by atoms with E-state index in [1.165, 1.54) is 18.4 Å². The molecule has 0 atom stereocenters. The minimum absolute atomic E-state index is 0.152. The Morgan fingerprint density at radius 2 is 2.09 bits per heavy atom. The van der Waals surface area contributed by atoms with E-state index in [1.54, 1.807) is 6.07 Å². The molecule has 1 heterocycles. The number of carbonyl (C=O) groups excluding carboxylic acids is 2. The van der Waals surface area contributed by atoms with Crippen molar-refractivity contribution in [1.82, 2.24) is 4.98 Å². The van der Waals surface area contributed by atoms with Crippen molar-refractivity contribution < 1.29 is 14.3 Å². The summed E-state index contributed by atoms with van der Waals surface area (Å²) in [6.45, 7) is 0. The molecular weight excluding hydrogens is 312 g/mol. The Kier molecular flexibility index (Phi) is 4.17. The molecule has 0 amide bonds. The number of methoxy groups -OCH3 is 1. The van der Waals surface area contributed by atoms with E-state index in [0.29, 0.717) is 17.0 Å². The van der Waals surface area contributed by atoms with E-state index in [0.717, 1.165) is 34.7 Å². The number of aromatic nitrogens is 1. The van der Waals surface area contributed by atoms with Crippen LogP contribution in [0.1, 0.15) is 38.6 Å². The fraction of sp³-hybridized carbons (Fsp3) is 0.353. The lowest BCUT2D eigenvalue weighted by Crippen LogP contribution is -2.11. The van der Waals surface area contributed by atoms with Crippen LogP contribution in [0.2, 0.25) is 0 Å². The first-order valence-electron chi connectivity index (χ1n) is 7.44. The largest absolute Gasteiger partial charge is 0.465 e. The highest BCUT2D eigenvalue weighted by Gasteiger charge is 2.25. The maximum atomic E-state index is 12.2. The van der Waals surface area contributed by atoms with Gasteiger partial charge in [-0.05, 0) is 31.0 Å². The standard InChI is InChI=1S/C17H18N2O3S/c1-19(2)10-7-8-11(12(9-10)17(21)22-3)16-18-13-5-4-6-14(20)15(13)23-16/h7-9H,4-6H2,1-3H3. The summed E-state index contributed by atoms with van der Waals surface area (Å²) in [4.78, 5) is 31.4. The fourth-order valence-electron chi connectivity index (χ4n) is 2.66. The molecule has 5 nitrogen and oxygen atoms in total. The van der Waals surface area contributed by atoms with Crippen molar-refractivity contribution in [3.05, 3.63) is 34.3 Å². The zero-order valence-corrected chi connectivity index (χ0v) is 14.2. The molecule has 0 N–H and O–H groups in total. The Hall–Kier alpha value is -2.21. The van der Waals surface area contributed by atoms with Gasteiger partial charge in [0.05, 0.1) is 23.2 Å². The van der Waals surface area contributed by atoms with Crippen LogP contribution >= 0.6 is 11.3 Å². The first kappa shape index (κ1) is 15.7. The van der Waals surface area contributed by atoms with Gasteiger partial charge in [-0.15, -0.1) is 11.3 Å². The Morgan fingerprint density at radius 1 is 1.30 bits per heavy atom. The van der Waals surface area contributed by atoms with Gasteiger partial charge in [0.15, 0.2) is 5.78 Å². The number of fused-ring (bicyclic) bond motifs is 1. The summed E-state index contributed by atoms with van der Waals surface area (Å²) in [5.74, 6) is -0.247. The highest BCUT2D eigenvalue weighted by molar-refractivity contribution is 7.17. The second-order valence-electron chi connectivity index (χ2n) is 5.69. The molecule has 1 aliphatic rings. The van der Waals surface area contributed by atoms with Crippen molar-refractivity contribution in [2.45, 2.75) is 19.3 Å². The third-order valence-corrected chi connectivity index (χ3v) is 5.10. The smallest absolute Gasteiger partial charge is 0.338 e. The molecule has 0 bridgehead atoms. The van der Waals surface area contributed by atoms with Gasteiger partial charge in [-0.25, -0.2) is 9.78 Å². The van der Waals surface area contributed by atoms with Crippen LogP contribution in [0.25, 0.3) is 10.6 Å². The van der Waals surface area contributed by atoms with Crippen molar-refractivity contribution in [2.75, 3.05) is 26.1 Å². The van der Waals surface area contributed by atoms with E-state index < -0.39 is 5.97 Å². The van der Waals surface area contributed by atoms with Crippen molar-refractivity contribution in [1.29, 1.82) is 0 Å². The Labute approximate surface area is 138 Å². The number of Topliss-reactive ketones (excluding diaryl/α,β-unsaturated/α-hetero) is 1. The molecule has 0 unspecified atom stereocenters. The number of ether oxygens (including phenoxy) is 1. The van der Waals surface area contributed by atoms with E-state index in [2.05, 4.69) is 4.98 Å². The van der Waals surface area contributed by atoms with Crippen LogP contribution in [0, 0.1) is 0 Å². The van der Waals surface area contributed by atoms with E-state index in [1.807, 2.05) is 31.1 Å². The van der Waals surface area contributed by atoms with Crippen LogP contribution in [0.15, 0.2) is 18.2 Å².